The fourth-order valence-electron chi connectivity index (χ4n) is 4.22. The second-order valence-corrected chi connectivity index (χ2v) is 9.10. The molecule has 0 atom stereocenters. The molecule has 2 aliphatic rings. The van der Waals surface area contributed by atoms with Crippen LogP contribution in [0.25, 0.3) is 0 Å². The molecule has 0 aromatic heterocycles. The van der Waals surface area contributed by atoms with E-state index >= 15 is 0 Å². The molecule has 1 saturated heterocycles. The highest BCUT2D eigenvalue weighted by molar-refractivity contribution is 6.07. The summed E-state index contributed by atoms with van der Waals surface area (Å²) >= 11 is 0. The van der Waals surface area contributed by atoms with E-state index in [1.807, 2.05) is 13.8 Å². The van der Waals surface area contributed by atoms with E-state index in [0.717, 1.165) is 19.3 Å². The highest BCUT2D eigenvalue weighted by Gasteiger charge is 2.52. The van der Waals surface area contributed by atoms with Crippen molar-refractivity contribution in [3.05, 3.63) is 0 Å². The molecule has 1 saturated carbocycles. The maximum Gasteiger partial charge on any atom is 0.325 e. The van der Waals surface area contributed by atoms with Crippen LogP contribution in [-0.4, -0.2) is 40.4 Å². The summed E-state index contributed by atoms with van der Waals surface area (Å²) in [7, 11) is 0. The topological polar surface area (TPSA) is 78.5 Å². The van der Waals surface area contributed by atoms with Crippen LogP contribution < -0.4 is 10.6 Å². The number of carbonyl (C=O) groups excluding carboxylic acids is 3. The van der Waals surface area contributed by atoms with Gasteiger partial charge >= 0.3 is 6.03 Å². The maximum atomic E-state index is 12.5. The lowest BCUT2D eigenvalue weighted by atomic mass is 9.82. The van der Waals surface area contributed by atoms with Crippen LogP contribution >= 0.6 is 0 Å². The molecule has 0 unspecified atom stereocenters. The average Bonchev–Trinajstić information content (AvgIpc) is 2.92. The summed E-state index contributed by atoms with van der Waals surface area (Å²) in [6.45, 7) is 10.5. The molecule has 0 radical (unpaired) electrons. The summed E-state index contributed by atoms with van der Waals surface area (Å²) in [5, 5.41) is 5.86. The minimum Gasteiger partial charge on any atom is -0.351 e. The van der Waals surface area contributed by atoms with Gasteiger partial charge in [-0.1, -0.05) is 33.6 Å². The number of amides is 4. The molecule has 4 amide bonds. The molecule has 2 rings (SSSR count). The Bertz CT molecular complexity index is 528. The van der Waals surface area contributed by atoms with Gasteiger partial charge in [0.25, 0.3) is 5.91 Å². The van der Waals surface area contributed by atoms with E-state index in [9.17, 15) is 14.4 Å². The highest BCUT2D eigenvalue weighted by Crippen LogP contribution is 2.35. The summed E-state index contributed by atoms with van der Waals surface area (Å²) in [5.74, 6) is -0.288. The molecule has 0 aromatic rings. The van der Waals surface area contributed by atoms with Crippen LogP contribution in [0.3, 0.4) is 0 Å². The normalized spacial score (nSPS) is 20.6. The minimum absolute atomic E-state index is 0.108. The van der Waals surface area contributed by atoms with Crippen LogP contribution in [0.5, 0.6) is 0 Å². The molecule has 2 fully saturated rings. The Morgan fingerprint density at radius 3 is 2.29 bits per heavy atom. The molecule has 1 aliphatic carbocycles. The van der Waals surface area contributed by atoms with Crippen LogP contribution in [0, 0.1) is 5.41 Å². The van der Waals surface area contributed by atoms with Crippen LogP contribution in [0.4, 0.5) is 4.79 Å². The van der Waals surface area contributed by atoms with Gasteiger partial charge in [-0.05, 0) is 38.5 Å². The van der Waals surface area contributed by atoms with Crippen LogP contribution in [0.1, 0.15) is 73.1 Å². The Balaban J connectivity index is 1.88. The second-order valence-electron chi connectivity index (χ2n) is 9.10. The first-order valence-corrected chi connectivity index (χ1v) is 8.89. The summed E-state index contributed by atoms with van der Waals surface area (Å²) in [6.07, 6.45) is 4.32. The third kappa shape index (κ3) is 4.28. The highest BCUT2D eigenvalue weighted by atomic mass is 16.2. The SMILES string of the molecule is CC(C)(C)CC(C)(C)NC(=O)CCN1C(=O)NC2(CCCC2)C1=O. The summed E-state index contributed by atoms with van der Waals surface area (Å²) in [6, 6.07) is -0.358. The van der Waals surface area contributed by atoms with Crippen molar-refractivity contribution in [1.29, 1.82) is 0 Å². The summed E-state index contributed by atoms with van der Waals surface area (Å²) < 4.78 is 0. The largest absolute Gasteiger partial charge is 0.351 e. The van der Waals surface area contributed by atoms with Crippen molar-refractivity contribution in [1.82, 2.24) is 15.5 Å². The number of imide groups is 1. The van der Waals surface area contributed by atoms with E-state index < -0.39 is 5.54 Å². The monoisotopic (exact) mass is 337 g/mol. The molecule has 6 nitrogen and oxygen atoms in total. The van der Waals surface area contributed by atoms with Gasteiger partial charge in [0.15, 0.2) is 0 Å². The molecular formula is C18H31N3O3. The van der Waals surface area contributed by atoms with E-state index in [4.69, 9.17) is 0 Å². The van der Waals surface area contributed by atoms with Crippen molar-refractivity contribution < 1.29 is 14.4 Å². The van der Waals surface area contributed by atoms with Crippen molar-refractivity contribution in [3.8, 4) is 0 Å². The average molecular weight is 337 g/mol. The minimum atomic E-state index is -0.695. The first-order valence-electron chi connectivity index (χ1n) is 8.89. The lowest BCUT2D eigenvalue weighted by molar-refractivity contribution is -0.131. The molecule has 2 N–H and O–H groups in total. The number of urea groups is 1. The molecule has 136 valence electrons. The summed E-state index contributed by atoms with van der Waals surface area (Å²) in [5.41, 5.74) is -0.908. The number of carbonyl (C=O) groups is 3. The second kappa shape index (κ2) is 6.37. The number of hydrogen-bond acceptors (Lipinski definition) is 3. The number of nitrogens with zero attached hydrogens (tertiary/aromatic N) is 1. The lowest BCUT2D eigenvalue weighted by Gasteiger charge is -2.33. The van der Waals surface area contributed by atoms with Crippen molar-refractivity contribution in [2.75, 3.05) is 6.54 Å². The van der Waals surface area contributed by atoms with Crippen LogP contribution in [-0.2, 0) is 9.59 Å². The third-order valence-electron chi connectivity index (χ3n) is 4.72. The Morgan fingerprint density at radius 2 is 1.75 bits per heavy atom. The predicted molar refractivity (Wildman–Crippen MR) is 92.4 cm³/mol. The van der Waals surface area contributed by atoms with Gasteiger partial charge < -0.3 is 10.6 Å². The molecule has 1 aliphatic heterocycles. The molecule has 6 heteroatoms. The molecule has 24 heavy (non-hydrogen) atoms. The van der Waals surface area contributed by atoms with Crippen molar-refractivity contribution in [2.45, 2.75) is 84.2 Å². The van der Waals surface area contributed by atoms with Gasteiger partial charge in [-0.15, -0.1) is 0 Å². The van der Waals surface area contributed by atoms with E-state index in [0.29, 0.717) is 12.8 Å². The van der Waals surface area contributed by atoms with Crippen molar-refractivity contribution in [2.24, 2.45) is 5.41 Å². The van der Waals surface area contributed by atoms with Crippen LogP contribution in [0.15, 0.2) is 0 Å². The van der Waals surface area contributed by atoms with Crippen LogP contribution in [0.2, 0.25) is 0 Å². The summed E-state index contributed by atoms with van der Waals surface area (Å²) in [4.78, 5) is 38.1. The Kier molecular flexibility index (Phi) is 4.98. The van der Waals surface area contributed by atoms with E-state index in [2.05, 4.69) is 31.4 Å². The smallest absolute Gasteiger partial charge is 0.325 e. The van der Waals surface area contributed by atoms with E-state index in [-0.39, 0.29) is 41.8 Å². The molecule has 0 aromatic carbocycles. The molecule has 0 bridgehead atoms. The third-order valence-corrected chi connectivity index (χ3v) is 4.72. The zero-order valence-corrected chi connectivity index (χ0v) is 15.6. The van der Waals surface area contributed by atoms with Gasteiger partial charge in [0.1, 0.15) is 5.54 Å². The van der Waals surface area contributed by atoms with Crippen molar-refractivity contribution in [3.63, 3.8) is 0 Å². The van der Waals surface area contributed by atoms with E-state index in [1.165, 1.54) is 4.90 Å². The fourth-order valence-corrected chi connectivity index (χ4v) is 4.22. The maximum absolute atomic E-state index is 12.5. The van der Waals surface area contributed by atoms with Crippen molar-refractivity contribution >= 4 is 17.8 Å². The Labute approximate surface area is 144 Å². The predicted octanol–water partition coefficient (Wildman–Crippen LogP) is 2.57. The fraction of sp³-hybridized carbons (Fsp3) is 0.833. The zero-order chi connectivity index (χ0) is 18.2. The van der Waals surface area contributed by atoms with Gasteiger partial charge in [-0.3, -0.25) is 14.5 Å². The van der Waals surface area contributed by atoms with Gasteiger partial charge in [-0.25, -0.2) is 4.79 Å². The van der Waals surface area contributed by atoms with Gasteiger partial charge in [-0.2, -0.15) is 0 Å². The molecular weight excluding hydrogens is 306 g/mol. The Hall–Kier alpha value is -1.59. The number of nitrogens with one attached hydrogen (secondary N) is 2. The van der Waals surface area contributed by atoms with E-state index in [1.54, 1.807) is 0 Å². The van der Waals surface area contributed by atoms with Gasteiger partial charge in [0.2, 0.25) is 5.91 Å². The molecule has 1 spiro atoms. The zero-order valence-electron chi connectivity index (χ0n) is 15.6. The quantitative estimate of drug-likeness (QED) is 0.757. The first kappa shape index (κ1) is 18.7. The lowest BCUT2D eigenvalue weighted by Crippen LogP contribution is -2.47. The first-order chi connectivity index (χ1) is 10.9. The number of hydrogen-bond donors (Lipinski definition) is 2. The van der Waals surface area contributed by atoms with Gasteiger partial charge in [0, 0.05) is 18.5 Å². The molecule has 1 heterocycles. The number of rotatable bonds is 5. The Morgan fingerprint density at radius 1 is 1.17 bits per heavy atom. The van der Waals surface area contributed by atoms with Gasteiger partial charge in [0.05, 0.1) is 0 Å². The standard InChI is InChI=1S/C18H31N3O3/c1-16(2,3)12-17(4,5)19-13(22)8-11-21-14(23)18(20-15(21)24)9-6-7-10-18/h6-12H2,1-5H3,(H,19,22)(H,20,24).